The molecule has 2 aromatic rings. The van der Waals surface area contributed by atoms with Gasteiger partial charge in [0.05, 0.1) is 26.2 Å². The van der Waals surface area contributed by atoms with E-state index in [1.165, 1.54) is 9.80 Å². The van der Waals surface area contributed by atoms with E-state index >= 15 is 0 Å². The molecule has 0 spiro atoms. The fourth-order valence-electron chi connectivity index (χ4n) is 4.42. The molecule has 2 saturated heterocycles. The third kappa shape index (κ3) is 3.87. The van der Waals surface area contributed by atoms with Gasteiger partial charge in [0.2, 0.25) is 5.95 Å². The van der Waals surface area contributed by atoms with E-state index < -0.39 is 5.54 Å². The highest BCUT2D eigenvalue weighted by Gasteiger charge is 2.53. The number of carbonyl (C=O) groups is 2. The molecular weight excluding hydrogens is 380 g/mol. The van der Waals surface area contributed by atoms with E-state index in [1.807, 2.05) is 30.3 Å². The topological polar surface area (TPSA) is 82.9 Å². The van der Waals surface area contributed by atoms with Crippen LogP contribution in [0.1, 0.15) is 25.8 Å². The SMILES string of the molecule is CC(C)C[C@]1(c2ccccc2)NC(=O)N(C[NH+]2CCN(c3ncccn3)CC2)C1=O. The first-order chi connectivity index (χ1) is 14.5. The highest BCUT2D eigenvalue weighted by Crippen LogP contribution is 2.34. The third-order valence-electron chi connectivity index (χ3n) is 5.84. The van der Waals surface area contributed by atoms with E-state index in [2.05, 4.69) is 34.0 Å². The summed E-state index contributed by atoms with van der Waals surface area (Å²) in [5.41, 5.74) is -0.133. The summed E-state index contributed by atoms with van der Waals surface area (Å²) >= 11 is 0. The number of carbonyl (C=O) groups excluding carboxylic acids is 2. The molecule has 158 valence electrons. The van der Waals surface area contributed by atoms with Gasteiger partial charge in [-0.05, 0) is 24.0 Å². The van der Waals surface area contributed by atoms with Crippen molar-refractivity contribution in [3.05, 3.63) is 54.4 Å². The Labute approximate surface area is 176 Å². The second-order valence-corrected chi connectivity index (χ2v) is 8.48. The molecule has 1 atom stereocenters. The van der Waals surface area contributed by atoms with E-state index in [0.717, 1.165) is 37.7 Å². The molecule has 3 amide bonds. The van der Waals surface area contributed by atoms with Gasteiger partial charge in [-0.2, -0.15) is 0 Å². The maximum Gasteiger partial charge on any atom is 0.329 e. The standard InChI is InChI=1S/C22H28N6O2/c1-17(2)15-22(18-7-4-3-5-8-18)19(29)28(21(30)25-22)16-26-11-13-27(14-12-26)20-23-9-6-10-24-20/h3-10,17H,11-16H2,1-2H3,(H,25,30)/p+1/t22-/m1/s1. The Hall–Kier alpha value is -3.00. The summed E-state index contributed by atoms with van der Waals surface area (Å²) in [6.45, 7) is 7.74. The normalized spacial score (nSPS) is 22.6. The highest BCUT2D eigenvalue weighted by molar-refractivity contribution is 6.07. The van der Waals surface area contributed by atoms with Crippen molar-refractivity contribution in [3.8, 4) is 0 Å². The fourth-order valence-corrected chi connectivity index (χ4v) is 4.42. The van der Waals surface area contributed by atoms with Gasteiger partial charge in [0.15, 0.2) is 6.67 Å². The monoisotopic (exact) mass is 409 g/mol. The van der Waals surface area contributed by atoms with Crippen LogP contribution in [0.3, 0.4) is 0 Å². The molecule has 8 nitrogen and oxygen atoms in total. The van der Waals surface area contributed by atoms with Gasteiger partial charge in [0.25, 0.3) is 5.91 Å². The molecule has 30 heavy (non-hydrogen) atoms. The number of hydrogen-bond donors (Lipinski definition) is 2. The second kappa shape index (κ2) is 8.39. The molecule has 0 aliphatic carbocycles. The summed E-state index contributed by atoms with van der Waals surface area (Å²) in [4.78, 5) is 39.8. The number of benzene rings is 1. The Bertz CT molecular complexity index is 883. The van der Waals surface area contributed by atoms with Gasteiger partial charge in [-0.25, -0.2) is 19.7 Å². The Morgan fingerprint density at radius 1 is 1.07 bits per heavy atom. The minimum absolute atomic E-state index is 0.145. The van der Waals surface area contributed by atoms with Crippen molar-refractivity contribution in [1.29, 1.82) is 0 Å². The maximum absolute atomic E-state index is 13.5. The molecule has 4 rings (SSSR count). The Kier molecular flexibility index (Phi) is 5.67. The zero-order valence-electron chi connectivity index (χ0n) is 17.5. The second-order valence-electron chi connectivity index (χ2n) is 8.48. The van der Waals surface area contributed by atoms with Crippen LogP contribution in [-0.2, 0) is 10.3 Å². The van der Waals surface area contributed by atoms with Crippen molar-refractivity contribution < 1.29 is 14.5 Å². The number of anilines is 1. The number of aromatic nitrogens is 2. The van der Waals surface area contributed by atoms with E-state index in [4.69, 9.17) is 0 Å². The highest BCUT2D eigenvalue weighted by atomic mass is 16.2. The van der Waals surface area contributed by atoms with Crippen molar-refractivity contribution in [1.82, 2.24) is 20.2 Å². The van der Waals surface area contributed by atoms with Crippen molar-refractivity contribution in [2.75, 3.05) is 37.7 Å². The molecule has 3 heterocycles. The molecular formula is C22H29N6O2+. The fraction of sp³-hybridized carbons (Fsp3) is 0.455. The number of urea groups is 1. The summed E-state index contributed by atoms with van der Waals surface area (Å²) in [6.07, 6.45) is 4.06. The third-order valence-corrected chi connectivity index (χ3v) is 5.84. The van der Waals surface area contributed by atoms with Gasteiger partial charge in [-0.15, -0.1) is 0 Å². The van der Waals surface area contributed by atoms with Gasteiger partial charge in [-0.1, -0.05) is 44.2 Å². The molecule has 1 aromatic heterocycles. The van der Waals surface area contributed by atoms with Gasteiger partial charge in [0.1, 0.15) is 5.54 Å². The number of quaternary nitrogens is 1. The predicted octanol–water partition coefficient (Wildman–Crippen LogP) is 0.632. The number of rotatable bonds is 6. The van der Waals surface area contributed by atoms with E-state index in [1.54, 1.807) is 18.5 Å². The minimum atomic E-state index is -0.981. The lowest BCUT2D eigenvalue weighted by Gasteiger charge is -2.33. The zero-order valence-corrected chi connectivity index (χ0v) is 17.5. The minimum Gasteiger partial charge on any atom is -0.330 e. The summed E-state index contributed by atoms with van der Waals surface area (Å²) in [5, 5.41) is 3.03. The quantitative estimate of drug-likeness (QED) is 0.684. The van der Waals surface area contributed by atoms with Gasteiger partial charge < -0.3 is 15.1 Å². The van der Waals surface area contributed by atoms with Crippen LogP contribution in [0.15, 0.2) is 48.8 Å². The average molecular weight is 410 g/mol. The van der Waals surface area contributed by atoms with Crippen molar-refractivity contribution in [2.24, 2.45) is 5.92 Å². The molecule has 0 saturated carbocycles. The van der Waals surface area contributed by atoms with Crippen LogP contribution in [0.2, 0.25) is 0 Å². The molecule has 1 aromatic carbocycles. The molecule has 2 fully saturated rings. The van der Waals surface area contributed by atoms with E-state index in [0.29, 0.717) is 13.1 Å². The molecule has 8 heteroatoms. The van der Waals surface area contributed by atoms with Crippen molar-refractivity contribution in [3.63, 3.8) is 0 Å². The molecule has 2 N–H and O–H groups in total. The largest absolute Gasteiger partial charge is 0.330 e. The summed E-state index contributed by atoms with van der Waals surface area (Å²) in [6, 6.07) is 11.1. The van der Waals surface area contributed by atoms with E-state index in [9.17, 15) is 9.59 Å². The Morgan fingerprint density at radius 3 is 2.37 bits per heavy atom. The van der Waals surface area contributed by atoms with Crippen LogP contribution in [0.4, 0.5) is 10.7 Å². The van der Waals surface area contributed by atoms with Gasteiger partial charge in [0, 0.05) is 12.4 Å². The van der Waals surface area contributed by atoms with Crippen LogP contribution >= 0.6 is 0 Å². The summed E-state index contributed by atoms with van der Waals surface area (Å²) < 4.78 is 0. The summed E-state index contributed by atoms with van der Waals surface area (Å²) in [5.74, 6) is 0.844. The smallest absolute Gasteiger partial charge is 0.329 e. The number of imide groups is 1. The predicted molar refractivity (Wildman–Crippen MR) is 113 cm³/mol. The first kappa shape index (κ1) is 20.3. The number of nitrogens with zero attached hydrogens (tertiary/aromatic N) is 4. The van der Waals surface area contributed by atoms with Crippen LogP contribution < -0.4 is 15.1 Å². The lowest BCUT2D eigenvalue weighted by molar-refractivity contribution is -0.907. The van der Waals surface area contributed by atoms with Crippen LogP contribution in [0.25, 0.3) is 0 Å². The average Bonchev–Trinajstić information content (AvgIpc) is 3.00. The number of amides is 3. The number of piperazine rings is 1. The first-order valence-corrected chi connectivity index (χ1v) is 10.5. The molecule has 0 unspecified atom stereocenters. The van der Waals surface area contributed by atoms with E-state index in [-0.39, 0.29) is 17.9 Å². The van der Waals surface area contributed by atoms with Crippen molar-refractivity contribution in [2.45, 2.75) is 25.8 Å². The van der Waals surface area contributed by atoms with Crippen LogP contribution in [0, 0.1) is 5.92 Å². The van der Waals surface area contributed by atoms with Crippen molar-refractivity contribution >= 4 is 17.9 Å². The Morgan fingerprint density at radius 2 is 1.73 bits per heavy atom. The molecule has 0 radical (unpaired) electrons. The molecule has 2 aliphatic heterocycles. The van der Waals surface area contributed by atoms with Crippen LogP contribution in [-0.4, -0.2) is 59.7 Å². The van der Waals surface area contributed by atoms with Gasteiger partial charge in [-0.3, -0.25) is 4.79 Å². The Balaban J connectivity index is 1.46. The van der Waals surface area contributed by atoms with Crippen LogP contribution in [0.5, 0.6) is 0 Å². The molecule has 0 bridgehead atoms. The maximum atomic E-state index is 13.5. The lowest BCUT2D eigenvalue weighted by atomic mass is 9.82. The van der Waals surface area contributed by atoms with Gasteiger partial charge >= 0.3 is 6.03 Å². The number of hydrogen-bond acceptors (Lipinski definition) is 5. The summed E-state index contributed by atoms with van der Waals surface area (Å²) in [7, 11) is 0. The molecule has 2 aliphatic rings. The zero-order chi connectivity index (χ0) is 21.1. The number of nitrogens with one attached hydrogen (secondary N) is 2. The lowest BCUT2D eigenvalue weighted by Crippen LogP contribution is -3.16. The first-order valence-electron chi connectivity index (χ1n) is 10.5.